The third kappa shape index (κ3) is 14.1. The van der Waals surface area contributed by atoms with Gasteiger partial charge in [-0.05, 0) is 42.4 Å². The molecular weight excluding hydrogens is 789 g/mol. The van der Waals surface area contributed by atoms with E-state index in [1.165, 1.54) is 21.7 Å². The molecule has 2 atom stereocenters. The Morgan fingerprint density at radius 1 is 0.932 bits per heavy atom. The van der Waals surface area contributed by atoms with Crippen LogP contribution >= 0.6 is 0 Å². The zero-order valence-corrected chi connectivity index (χ0v) is 32.5. The number of unbranched alkanes of at least 4 members (excludes halogenated alkanes) is 2. The fourth-order valence-corrected chi connectivity index (χ4v) is 5.98. The van der Waals surface area contributed by atoms with Crippen LogP contribution in [-0.2, 0) is 35.2 Å². The summed E-state index contributed by atoms with van der Waals surface area (Å²) in [5.74, 6) is -6.66. The van der Waals surface area contributed by atoms with Crippen LogP contribution in [0.3, 0.4) is 0 Å². The molecule has 0 fully saturated rings. The van der Waals surface area contributed by atoms with Gasteiger partial charge < -0.3 is 20.8 Å². The van der Waals surface area contributed by atoms with Gasteiger partial charge in [0.2, 0.25) is 11.8 Å². The van der Waals surface area contributed by atoms with Gasteiger partial charge in [0, 0.05) is 55.9 Å². The minimum absolute atomic E-state index is 0.0595. The molecular formula is C39H46F5N7O8. The van der Waals surface area contributed by atoms with Gasteiger partial charge in [-0.2, -0.15) is 18.3 Å². The molecule has 1 aromatic heterocycles. The molecule has 320 valence electrons. The first-order valence-electron chi connectivity index (χ1n) is 18.3. The Kier molecular flexibility index (Phi) is 17.0. The van der Waals surface area contributed by atoms with Crippen molar-refractivity contribution in [3.63, 3.8) is 0 Å². The van der Waals surface area contributed by atoms with Crippen LogP contribution in [0, 0.1) is 17.0 Å². The smallest absolute Gasteiger partial charge is 0.475 e. The van der Waals surface area contributed by atoms with Gasteiger partial charge in [0.15, 0.2) is 0 Å². The van der Waals surface area contributed by atoms with Crippen LogP contribution in [0.25, 0.3) is 5.69 Å². The summed E-state index contributed by atoms with van der Waals surface area (Å²) in [6.07, 6.45) is 0.861. The van der Waals surface area contributed by atoms with E-state index in [1.807, 2.05) is 51.1 Å². The van der Waals surface area contributed by atoms with Crippen LogP contribution in [-0.4, -0.2) is 97.2 Å². The molecule has 0 bridgehead atoms. The van der Waals surface area contributed by atoms with Gasteiger partial charge in [-0.3, -0.25) is 39.7 Å². The van der Waals surface area contributed by atoms with Gasteiger partial charge in [-0.25, -0.2) is 18.3 Å². The summed E-state index contributed by atoms with van der Waals surface area (Å²) in [7, 11) is 0. The lowest BCUT2D eigenvalue weighted by Crippen LogP contribution is -2.51. The summed E-state index contributed by atoms with van der Waals surface area (Å²) < 4.78 is 62.1. The van der Waals surface area contributed by atoms with Crippen LogP contribution in [0.15, 0.2) is 66.9 Å². The molecule has 3 aromatic rings. The van der Waals surface area contributed by atoms with Gasteiger partial charge >= 0.3 is 12.1 Å². The molecule has 0 aliphatic carbocycles. The van der Waals surface area contributed by atoms with Gasteiger partial charge in [0.1, 0.15) is 23.9 Å². The summed E-state index contributed by atoms with van der Waals surface area (Å²) in [5, 5.41) is 21.8. The van der Waals surface area contributed by atoms with Crippen molar-refractivity contribution in [2.75, 3.05) is 19.7 Å². The number of benzene rings is 2. The highest BCUT2D eigenvalue weighted by Crippen LogP contribution is 2.40. The third-order valence-electron chi connectivity index (χ3n) is 8.83. The molecule has 0 saturated heterocycles. The number of amides is 5. The number of hydrazine groups is 1. The monoisotopic (exact) mass is 835 g/mol. The average Bonchev–Trinajstić information content (AvgIpc) is 3.72. The number of carboxylic acids is 1. The molecule has 20 heteroatoms. The van der Waals surface area contributed by atoms with Crippen molar-refractivity contribution in [2.45, 2.75) is 77.6 Å². The SMILES string of the molecule is CC(C)(C)[C@H](c1nn(-c2cc(F)ccc2F)cc1Cc1ccccc1)N(CC[C@H](N)C(=O)NNC(=O)CCCCCN1C(=O)C=CC1=O)C(=O)CO.O=C(O)C(F)(F)F. The molecule has 0 saturated carbocycles. The number of aliphatic hydroxyl groups excluding tert-OH is 1. The summed E-state index contributed by atoms with van der Waals surface area (Å²) in [6, 6.07) is 10.5. The molecule has 0 spiro atoms. The first-order chi connectivity index (χ1) is 27.6. The van der Waals surface area contributed by atoms with E-state index in [2.05, 4.69) is 10.9 Å². The number of aliphatic carboxylic acids is 1. The molecule has 15 nitrogen and oxygen atoms in total. The number of imide groups is 1. The van der Waals surface area contributed by atoms with Crippen molar-refractivity contribution in [3.05, 3.63) is 95.3 Å². The van der Waals surface area contributed by atoms with Crippen LogP contribution < -0.4 is 16.6 Å². The van der Waals surface area contributed by atoms with Crippen LogP contribution in [0.2, 0.25) is 0 Å². The Hall–Kier alpha value is -6.02. The molecule has 59 heavy (non-hydrogen) atoms. The predicted octanol–water partition coefficient (Wildman–Crippen LogP) is 3.63. The van der Waals surface area contributed by atoms with Crippen molar-refractivity contribution in [3.8, 4) is 5.69 Å². The first-order valence-corrected chi connectivity index (χ1v) is 18.3. The van der Waals surface area contributed by atoms with E-state index in [-0.39, 0.29) is 43.4 Å². The Morgan fingerprint density at radius 3 is 2.14 bits per heavy atom. The largest absolute Gasteiger partial charge is 0.490 e. The van der Waals surface area contributed by atoms with Crippen LogP contribution in [0.1, 0.15) is 75.7 Å². The van der Waals surface area contributed by atoms with E-state index >= 15 is 0 Å². The highest BCUT2D eigenvalue weighted by Gasteiger charge is 2.39. The van der Waals surface area contributed by atoms with E-state index in [0.717, 1.165) is 28.7 Å². The second kappa shape index (κ2) is 21.1. The lowest BCUT2D eigenvalue weighted by atomic mass is 9.81. The molecule has 4 rings (SSSR count). The second-order valence-electron chi connectivity index (χ2n) is 14.5. The lowest BCUT2D eigenvalue weighted by molar-refractivity contribution is -0.192. The number of hydrogen-bond acceptors (Lipinski definition) is 9. The summed E-state index contributed by atoms with van der Waals surface area (Å²) in [6.45, 7) is 4.93. The molecule has 0 unspecified atom stereocenters. The standard InChI is InChI=1S/C37H45F2N7O6.C2HF3O2/c1-37(2,3)35(34-25(20-24-10-6-4-7-11-24)22-46(43-34)29-21-26(38)13-14-27(29)39)45(33(51)23-47)19-17-28(40)36(52)42-41-30(48)12-8-5-9-18-44-31(49)15-16-32(44)50;3-2(4,5)1(6)7/h4,6-7,10-11,13-16,21-22,28,35,47H,5,8-9,12,17-20,23,40H2,1-3H3,(H,41,48)(H,42,52);(H,6,7)/t28-,35-;/m0./s1. The number of nitrogens with zero attached hydrogens (tertiary/aromatic N) is 4. The summed E-state index contributed by atoms with van der Waals surface area (Å²) >= 11 is 0. The zero-order valence-electron chi connectivity index (χ0n) is 32.5. The van der Waals surface area contributed by atoms with Crippen LogP contribution in [0.4, 0.5) is 22.0 Å². The lowest BCUT2D eigenvalue weighted by Gasteiger charge is -2.40. The maximum atomic E-state index is 14.9. The number of carbonyl (C=O) groups excluding carboxylic acids is 5. The number of carboxylic acid groups (broad SMARTS) is 1. The maximum absolute atomic E-state index is 14.9. The second-order valence-corrected chi connectivity index (χ2v) is 14.5. The molecule has 2 heterocycles. The summed E-state index contributed by atoms with van der Waals surface area (Å²) in [4.78, 5) is 73.2. The number of halogens is 5. The number of nitrogens with two attached hydrogens (primary N) is 1. The van der Waals surface area contributed by atoms with Crippen molar-refractivity contribution >= 4 is 35.5 Å². The number of nitrogens with one attached hydrogen (secondary N) is 2. The molecule has 5 amide bonds. The number of hydrogen-bond donors (Lipinski definition) is 5. The molecule has 2 aromatic carbocycles. The normalized spacial score (nSPS) is 13.7. The van der Waals surface area contributed by atoms with Gasteiger partial charge in [0.05, 0.1) is 17.8 Å². The van der Waals surface area contributed by atoms with E-state index in [0.29, 0.717) is 36.9 Å². The fraction of sp³-hybridized carbons (Fsp3) is 0.410. The predicted molar refractivity (Wildman–Crippen MR) is 201 cm³/mol. The van der Waals surface area contributed by atoms with Crippen LogP contribution in [0.5, 0.6) is 0 Å². The first kappa shape index (κ1) is 47.4. The Labute approximate surface area is 336 Å². The van der Waals surface area contributed by atoms with E-state index in [9.17, 15) is 51.0 Å². The minimum atomic E-state index is -5.08. The molecule has 1 aliphatic rings. The number of aliphatic hydroxyl groups is 1. The number of alkyl halides is 3. The van der Waals surface area contributed by atoms with E-state index in [1.54, 1.807) is 6.20 Å². The Balaban J connectivity index is 0.00000122. The fourth-order valence-electron chi connectivity index (χ4n) is 5.98. The highest BCUT2D eigenvalue weighted by molar-refractivity contribution is 6.12. The number of rotatable bonds is 16. The molecule has 6 N–H and O–H groups in total. The highest BCUT2D eigenvalue weighted by atomic mass is 19.4. The van der Waals surface area contributed by atoms with Crippen molar-refractivity contribution < 1.29 is 60.9 Å². The number of carbonyl (C=O) groups is 6. The Bertz CT molecular complexity index is 1980. The van der Waals surface area contributed by atoms with Crippen molar-refractivity contribution in [1.29, 1.82) is 0 Å². The van der Waals surface area contributed by atoms with E-state index in [4.69, 9.17) is 20.7 Å². The maximum Gasteiger partial charge on any atom is 0.490 e. The molecule has 1 aliphatic heterocycles. The van der Waals surface area contributed by atoms with Gasteiger partial charge in [-0.15, -0.1) is 0 Å². The Morgan fingerprint density at radius 2 is 1.56 bits per heavy atom. The topological polar surface area (TPSA) is 217 Å². The summed E-state index contributed by atoms with van der Waals surface area (Å²) in [5.41, 5.74) is 11.9. The van der Waals surface area contributed by atoms with Crippen molar-refractivity contribution in [2.24, 2.45) is 11.1 Å². The quantitative estimate of drug-likeness (QED) is 0.0611. The third-order valence-corrected chi connectivity index (χ3v) is 8.83. The average molecular weight is 836 g/mol. The van der Waals surface area contributed by atoms with Gasteiger partial charge in [-0.1, -0.05) is 57.5 Å². The zero-order chi connectivity index (χ0) is 44.1. The number of aromatic nitrogens is 2. The van der Waals surface area contributed by atoms with Gasteiger partial charge in [0.25, 0.3) is 17.7 Å². The van der Waals surface area contributed by atoms with Crippen molar-refractivity contribution in [1.82, 2.24) is 30.4 Å². The molecule has 0 radical (unpaired) electrons. The van der Waals surface area contributed by atoms with E-state index < -0.39 is 65.6 Å². The minimum Gasteiger partial charge on any atom is -0.475 e.